The third kappa shape index (κ3) is 12.9. The highest BCUT2D eigenvalue weighted by molar-refractivity contribution is 7.86. The summed E-state index contributed by atoms with van der Waals surface area (Å²) in [6.45, 7) is -1.34. The molecule has 26 heteroatoms. The smallest absolute Gasteiger partial charge is 0.270 e. The zero-order valence-corrected chi connectivity index (χ0v) is 26.3. The molecule has 0 radical (unpaired) electrons. The Morgan fingerprint density at radius 3 is 0.878 bits per heavy atom. The molecule has 0 bridgehead atoms. The highest BCUT2D eigenvalue weighted by Gasteiger charge is 2.82. The van der Waals surface area contributed by atoms with E-state index in [2.05, 4.69) is 8.37 Å². The second kappa shape index (κ2) is 16.9. The lowest BCUT2D eigenvalue weighted by Gasteiger charge is -2.33. The third-order valence-electron chi connectivity index (χ3n) is 6.50. The van der Waals surface area contributed by atoms with Crippen LogP contribution in [-0.4, -0.2) is 89.4 Å². The molecule has 0 aliphatic heterocycles. The lowest BCUT2D eigenvalue weighted by Crippen LogP contribution is -2.60. The summed E-state index contributed by atoms with van der Waals surface area (Å²) in [5.74, 6) is -40.7. The van der Waals surface area contributed by atoms with E-state index in [0.29, 0.717) is 0 Å². The molecule has 0 saturated heterocycles. The molecular formula is C23H30F18O6S2. The fourth-order valence-corrected chi connectivity index (χ4v) is 5.73. The molecule has 0 spiro atoms. The Labute approximate surface area is 268 Å². The van der Waals surface area contributed by atoms with Crippen LogP contribution in [0.1, 0.15) is 70.6 Å². The van der Waals surface area contributed by atoms with Crippen molar-refractivity contribution < 1.29 is 104 Å². The van der Waals surface area contributed by atoms with E-state index >= 15 is 0 Å². The van der Waals surface area contributed by atoms with Crippen LogP contribution in [0, 0.1) is 0 Å². The van der Waals surface area contributed by atoms with Gasteiger partial charge in [-0.25, -0.2) is 0 Å². The number of rotatable bonds is 24. The van der Waals surface area contributed by atoms with Crippen LogP contribution < -0.4 is 0 Å². The van der Waals surface area contributed by atoms with Gasteiger partial charge >= 0.3 is 47.9 Å². The predicted octanol–water partition coefficient (Wildman–Crippen LogP) is 8.91. The second-order valence-corrected chi connectivity index (χ2v) is 14.1. The minimum atomic E-state index is -7.02. The molecule has 296 valence electrons. The lowest BCUT2D eigenvalue weighted by molar-refractivity contribution is -0.396. The number of unbranched alkanes of at least 4 members (excludes halogenated alkanes) is 6. The van der Waals surface area contributed by atoms with Gasteiger partial charge in [-0.1, -0.05) is 25.7 Å². The molecule has 0 aromatic heterocycles. The van der Waals surface area contributed by atoms with Crippen LogP contribution in [0.15, 0.2) is 0 Å². The molecule has 0 aromatic rings. The molecule has 0 aliphatic rings. The zero-order chi connectivity index (χ0) is 39.0. The van der Waals surface area contributed by atoms with Gasteiger partial charge < -0.3 is 0 Å². The zero-order valence-electron chi connectivity index (χ0n) is 24.7. The second-order valence-electron chi connectivity index (χ2n) is 10.6. The molecule has 0 fully saturated rings. The van der Waals surface area contributed by atoms with Crippen molar-refractivity contribution in [1.29, 1.82) is 0 Å². The molecule has 0 amide bonds. The van der Waals surface area contributed by atoms with Gasteiger partial charge in [0.2, 0.25) is 0 Å². The topological polar surface area (TPSA) is 86.7 Å². The van der Waals surface area contributed by atoms with Crippen LogP contribution in [0.25, 0.3) is 0 Å². The Kier molecular flexibility index (Phi) is 16.4. The minimum absolute atomic E-state index is 0.288. The summed E-state index contributed by atoms with van der Waals surface area (Å²) in [6, 6.07) is 0. The fraction of sp³-hybridized carbons (Fsp3) is 1.00. The van der Waals surface area contributed by atoms with E-state index in [1.54, 1.807) is 0 Å². The molecule has 0 rings (SSSR count). The fourth-order valence-electron chi connectivity index (χ4n) is 3.64. The Hall–Kier alpha value is -1.44. The first kappa shape index (κ1) is 47.6. The predicted molar refractivity (Wildman–Crippen MR) is 132 cm³/mol. The minimum Gasteiger partial charge on any atom is -0.270 e. The van der Waals surface area contributed by atoms with Crippen molar-refractivity contribution in [2.75, 3.05) is 24.7 Å². The molecule has 49 heavy (non-hydrogen) atoms. The van der Waals surface area contributed by atoms with Gasteiger partial charge in [0.05, 0.1) is 24.7 Å². The van der Waals surface area contributed by atoms with E-state index in [4.69, 9.17) is 0 Å². The van der Waals surface area contributed by atoms with E-state index in [0.717, 1.165) is 0 Å². The van der Waals surface area contributed by atoms with E-state index in [1.165, 1.54) is 0 Å². The summed E-state index contributed by atoms with van der Waals surface area (Å²) < 4.78 is 287. The maximum atomic E-state index is 13.5. The van der Waals surface area contributed by atoms with E-state index in [9.17, 15) is 95.9 Å². The van der Waals surface area contributed by atoms with E-state index < -0.39 is 131 Å². The quantitative estimate of drug-likeness (QED) is 0.0551. The number of hydrogen-bond acceptors (Lipinski definition) is 6. The van der Waals surface area contributed by atoms with Crippen LogP contribution in [-0.2, 0) is 28.6 Å². The largest absolute Gasteiger partial charge is 0.460 e. The van der Waals surface area contributed by atoms with Gasteiger partial charge in [-0.05, 0) is 32.1 Å². The summed E-state index contributed by atoms with van der Waals surface area (Å²) in [5, 5.41) is 0. The van der Waals surface area contributed by atoms with Crippen LogP contribution in [0.2, 0.25) is 0 Å². The van der Waals surface area contributed by atoms with Crippen LogP contribution in [0.3, 0.4) is 0 Å². The molecule has 6 nitrogen and oxygen atoms in total. The third-order valence-corrected chi connectivity index (χ3v) is 9.13. The number of halogens is 18. The van der Waals surface area contributed by atoms with Gasteiger partial charge in [-0.2, -0.15) is 95.9 Å². The van der Waals surface area contributed by atoms with Gasteiger partial charge in [0.25, 0.3) is 20.2 Å². The van der Waals surface area contributed by atoms with Gasteiger partial charge in [0, 0.05) is 12.8 Å². The first-order chi connectivity index (χ1) is 21.6. The van der Waals surface area contributed by atoms with Crippen molar-refractivity contribution in [3.05, 3.63) is 0 Å². The van der Waals surface area contributed by atoms with Crippen molar-refractivity contribution >= 4 is 20.2 Å². The summed E-state index contributed by atoms with van der Waals surface area (Å²) in [6.07, 6.45) is -22.6. The highest BCUT2D eigenvalue weighted by Crippen LogP contribution is 2.55. The average Bonchev–Trinajstić information content (AvgIpc) is 2.90. The van der Waals surface area contributed by atoms with Crippen molar-refractivity contribution in [2.45, 2.75) is 119 Å². The number of alkyl halides is 18. The van der Waals surface area contributed by atoms with Crippen molar-refractivity contribution in [3.63, 3.8) is 0 Å². The summed E-state index contributed by atoms with van der Waals surface area (Å²) in [4.78, 5) is 0. The molecule has 0 unspecified atom stereocenters. The maximum Gasteiger partial charge on any atom is 0.460 e. The van der Waals surface area contributed by atoms with Crippen molar-refractivity contribution in [1.82, 2.24) is 0 Å². The molecule has 0 N–H and O–H groups in total. The summed E-state index contributed by atoms with van der Waals surface area (Å²) >= 11 is 0. The molecular weight excluding hydrogens is 778 g/mol. The van der Waals surface area contributed by atoms with Gasteiger partial charge in [0.1, 0.15) is 0 Å². The van der Waals surface area contributed by atoms with Crippen LogP contribution in [0.5, 0.6) is 0 Å². The normalized spacial score (nSPS) is 15.2. The van der Waals surface area contributed by atoms with Crippen molar-refractivity contribution in [3.8, 4) is 0 Å². The molecule has 0 saturated carbocycles. The summed E-state index contributed by atoms with van der Waals surface area (Å²) in [5.41, 5.74) is 0. The highest BCUT2D eigenvalue weighted by atomic mass is 32.2. The summed E-state index contributed by atoms with van der Waals surface area (Å²) in [7, 11) is -8.65. The van der Waals surface area contributed by atoms with Crippen LogP contribution in [0.4, 0.5) is 79.0 Å². The Balaban J connectivity index is 4.36. The lowest BCUT2D eigenvalue weighted by atomic mass is 9.98. The Morgan fingerprint density at radius 1 is 0.347 bits per heavy atom. The van der Waals surface area contributed by atoms with Crippen LogP contribution >= 0.6 is 0 Å². The molecule has 0 atom stereocenters. The van der Waals surface area contributed by atoms with Gasteiger partial charge in [-0.15, -0.1) is 0 Å². The Bertz CT molecular complexity index is 1140. The molecule has 0 aliphatic carbocycles. The SMILES string of the molecule is O=S(=O)(CCCCCCC(F)(F)C(F)(F)C(F)(F)C(F)(F)F)OCCCOS(=O)(=O)CCCCCCC(F)(F)C(F)(F)C(F)(F)C(F)(F)F. The maximum absolute atomic E-state index is 13.5. The number of hydrogen-bond donors (Lipinski definition) is 0. The van der Waals surface area contributed by atoms with E-state index in [-0.39, 0.29) is 32.1 Å². The Morgan fingerprint density at radius 2 is 0.612 bits per heavy atom. The average molecular weight is 809 g/mol. The molecule has 0 heterocycles. The monoisotopic (exact) mass is 808 g/mol. The van der Waals surface area contributed by atoms with Gasteiger partial charge in [-0.3, -0.25) is 8.37 Å². The van der Waals surface area contributed by atoms with Gasteiger partial charge in [0.15, 0.2) is 0 Å². The van der Waals surface area contributed by atoms with E-state index in [1.807, 2.05) is 0 Å². The molecule has 0 aromatic carbocycles. The first-order valence-corrected chi connectivity index (χ1v) is 16.9. The first-order valence-electron chi connectivity index (χ1n) is 13.8. The van der Waals surface area contributed by atoms with Crippen molar-refractivity contribution in [2.24, 2.45) is 0 Å². The standard InChI is InChI=1S/C23H30F18O6S2/c24-16(25,18(28,29)20(32,33)22(36,37)38)10-5-1-3-7-14-48(42,43)46-12-9-13-47-49(44,45)15-8-4-2-6-11-17(26,27)19(30,31)21(34,35)23(39,40)41/h1-15H2.